The van der Waals surface area contributed by atoms with Gasteiger partial charge in [-0.2, -0.15) is 0 Å². The largest absolute Gasteiger partial charge is 0.350 e. The fraction of sp³-hybridized carbons (Fsp3) is 0.500. The van der Waals surface area contributed by atoms with Crippen LogP contribution < -0.4 is 11.1 Å². The number of nitrogens with two attached hydrogens (primary N) is 1. The maximum atomic E-state index is 13.5. The number of rotatable bonds is 7. The molecule has 136 valence electrons. The van der Waals surface area contributed by atoms with E-state index in [2.05, 4.69) is 20.8 Å². The lowest BCUT2D eigenvalue weighted by atomic mass is 10.0. The molecule has 3 rings (SSSR count). The second-order valence-corrected chi connectivity index (χ2v) is 6.21. The lowest BCUT2D eigenvalue weighted by Gasteiger charge is -2.22. The van der Waals surface area contributed by atoms with Crippen molar-refractivity contribution in [1.82, 2.24) is 25.5 Å². The molecule has 25 heavy (non-hydrogen) atoms. The first-order valence-electron chi connectivity index (χ1n) is 8.08. The molecule has 7 nitrogen and oxygen atoms in total. The molecule has 0 aliphatic heterocycles. The molecule has 2 atom stereocenters. The summed E-state index contributed by atoms with van der Waals surface area (Å²) in [6.45, 7) is 2.13. The van der Waals surface area contributed by atoms with Crippen LogP contribution in [0.4, 0.5) is 4.39 Å². The van der Waals surface area contributed by atoms with Crippen molar-refractivity contribution in [2.45, 2.75) is 38.3 Å². The topological polar surface area (TPSA) is 98.7 Å². The highest BCUT2D eigenvalue weighted by molar-refractivity contribution is 5.85. The van der Waals surface area contributed by atoms with Gasteiger partial charge in [-0.3, -0.25) is 4.79 Å². The normalized spacial score (nSPS) is 16.0. The molecule has 1 aromatic carbocycles. The van der Waals surface area contributed by atoms with E-state index in [1.165, 1.54) is 16.8 Å². The van der Waals surface area contributed by atoms with Gasteiger partial charge in [0.25, 0.3) is 0 Å². The molecule has 1 aliphatic rings. The van der Waals surface area contributed by atoms with Crippen molar-refractivity contribution in [1.29, 1.82) is 0 Å². The van der Waals surface area contributed by atoms with E-state index in [0.29, 0.717) is 30.3 Å². The molecule has 0 spiro atoms. The summed E-state index contributed by atoms with van der Waals surface area (Å²) >= 11 is 0. The van der Waals surface area contributed by atoms with Crippen LogP contribution in [0.25, 0.3) is 0 Å². The molecule has 2 aromatic rings. The third-order valence-electron chi connectivity index (χ3n) is 4.35. The zero-order valence-electron chi connectivity index (χ0n) is 13.9. The number of hydrogen-bond acceptors (Lipinski definition) is 5. The standard InChI is InChI=1S/C16H21FN6O.ClH/c1-10-20-21-22-23(10)15(8-11-3-2-4-13(17)7-11)16(24)19-14(9-18)12-5-6-12;/h2-4,7,12,14-15H,5-6,8-9,18H2,1H3,(H,19,24);1H. The third kappa shape index (κ3) is 4.73. The maximum absolute atomic E-state index is 13.5. The molecular weight excluding hydrogens is 347 g/mol. The quantitative estimate of drug-likeness (QED) is 0.764. The molecule has 0 saturated heterocycles. The predicted molar refractivity (Wildman–Crippen MR) is 92.7 cm³/mol. The van der Waals surface area contributed by atoms with Gasteiger partial charge >= 0.3 is 0 Å². The molecule has 1 heterocycles. The SMILES string of the molecule is Cc1nnnn1C(Cc1cccc(F)c1)C(=O)NC(CN)C1CC1.Cl. The summed E-state index contributed by atoms with van der Waals surface area (Å²) in [4.78, 5) is 12.8. The van der Waals surface area contributed by atoms with Crippen LogP contribution in [0.1, 0.15) is 30.3 Å². The van der Waals surface area contributed by atoms with Gasteiger partial charge in [-0.25, -0.2) is 9.07 Å². The second-order valence-electron chi connectivity index (χ2n) is 6.21. The predicted octanol–water partition coefficient (Wildman–Crippen LogP) is 1.18. The van der Waals surface area contributed by atoms with Gasteiger partial charge in [0.15, 0.2) is 0 Å². The third-order valence-corrected chi connectivity index (χ3v) is 4.35. The smallest absolute Gasteiger partial charge is 0.245 e. The summed E-state index contributed by atoms with van der Waals surface area (Å²) < 4.78 is 14.9. The van der Waals surface area contributed by atoms with Crippen LogP contribution in [-0.4, -0.2) is 38.7 Å². The molecule has 1 saturated carbocycles. The number of carbonyl (C=O) groups excluding carboxylic acids is 1. The highest BCUT2D eigenvalue weighted by atomic mass is 35.5. The first-order valence-corrected chi connectivity index (χ1v) is 8.08. The first kappa shape index (κ1) is 19.3. The number of carbonyl (C=O) groups is 1. The second kappa shape index (κ2) is 8.35. The average molecular weight is 369 g/mol. The van der Waals surface area contributed by atoms with Gasteiger partial charge in [-0.15, -0.1) is 17.5 Å². The van der Waals surface area contributed by atoms with Gasteiger partial charge in [0, 0.05) is 19.0 Å². The molecule has 0 bridgehead atoms. The summed E-state index contributed by atoms with van der Waals surface area (Å²) in [6, 6.07) is 5.52. The maximum Gasteiger partial charge on any atom is 0.245 e. The fourth-order valence-electron chi connectivity index (χ4n) is 2.85. The highest BCUT2D eigenvalue weighted by Gasteiger charge is 2.34. The molecule has 3 N–H and O–H groups in total. The van der Waals surface area contributed by atoms with Crippen LogP contribution >= 0.6 is 12.4 Å². The highest BCUT2D eigenvalue weighted by Crippen LogP contribution is 2.32. The van der Waals surface area contributed by atoms with E-state index < -0.39 is 6.04 Å². The number of nitrogens with one attached hydrogen (secondary N) is 1. The van der Waals surface area contributed by atoms with E-state index in [-0.39, 0.29) is 30.2 Å². The fourth-order valence-corrected chi connectivity index (χ4v) is 2.85. The average Bonchev–Trinajstić information content (AvgIpc) is 3.32. The van der Waals surface area contributed by atoms with Crippen LogP contribution in [0.15, 0.2) is 24.3 Å². The Balaban J connectivity index is 0.00000225. The number of nitrogens with zero attached hydrogens (tertiary/aromatic N) is 4. The van der Waals surface area contributed by atoms with Crippen molar-refractivity contribution >= 4 is 18.3 Å². The Bertz CT molecular complexity index is 720. The summed E-state index contributed by atoms with van der Waals surface area (Å²) in [5, 5.41) is 14.4. The minimum Gasteiger partial charge on any atom is -0.350 e. The Hall–Kier alpha value is -2.06. The number of tetrazole rings is 1. The van der Waals surface area contributed by atoms with Gasteiger partial charge in [0.2, 0.25) is 5.91 Å². The van der Waals surface area contributed by atoms with E-state index >= 15 is 0 Å². The number of halogens is 2. The van der Waals surface area contributed by atoms with E-state index in [0.717, 1.165) is 12.8 Å². The molecule has 9 heteroatoms. The van der Waals surface area contributed by atoms with E-state index in [1.54, 1.807) is 19.1 Å². The van der Waals surface area contributed by atoms with E-state index in [1.807, 2.05) is 0 Å². The summed E-state index contributed by atoms with van der Waals surface area (Å²) in [7, 11) is 0. The van der Waals surface area contributed by atoms with Crippen LogP contribution in [0.5, 0.6) is 0 Å². The Labute approximate surface area is 151 Å². The van der Waals surface area contributed by atoms with Gasteiger partial charge in [-0.05, 0) is 53.8 Å². The van der Waals surface area contributed by atoms with Gasteiger partial charge in [0.1, 0.15) is 17.7 Å². The minimum atomic E-state index is -0.644. The van der Waals surface area contributed by atoms with Crippen LogP contribution in [0.2, 0.25) is 0 Å². The monoisotopic (exact) mass is 368 g/mol. The Morgan fingerprint density at radius 3 is 2.80 bits per heavy atom. The lowest BCUT2D eigenvalue weighted by Crippen LogP contribution is -2.45. The Morgan fingerprint density at radius 1 is 1.48 bits per heavy atom. The number of benzene rings is 1. The summed E-state index contributed by atoms with van der Waals surface area (Å²) in [6.07, 6.45) is 2.47. The number of aromatic nitrogens is 4. The molecule has 1 aliphatic carbocycles. The first-order chi connectivity index (χ1) is 11.6. The van der Waals surface area contributed by atoms with Crippen molar-refractivity contribution in [2.24, 2.45) is 11.7 Å². The van der Waals surface area contributed by atoms with Crippen molar-refractivity contribution < 1.29 is 9.18 Å². The Morgan fingerprint density at radius 2 is 2.24 bits per heavy atom. The van der Waals surface area contributed by atoms with Gasteiger partial charge in [0.05, 0.1) is 0 Å². The summed E-state index contributed by atoms with van der Waals surface area (Å²) in [5.41, 5.74) is 6.48. The van der Waals surface area contributed by atoms with Gasteiger partial charge < -0.3 is 11.1 Å². The van der Waals surface area contributed by atoms with Crippen LogP contribution in [-0.2, 0) is 11.2 Å². The number of hydrogen-bond donors (Lipinski definition) is 2. The number of aryl methyl sites for hydroxylation is 1. The van der Waals surface area contributed by atoms with Crippen molar-refractivity contribution in [3.8, 4) is 0 Å². The van der Waals surface area contributed by atoms with Gasteiger partial charge in [-0.1, -0.05) is 12.1 Å². The van der Waals surface area contributed by atoms with Crippen LogP contribution in [0.3, 0.4) is 0 Å². The molecule has 1 fully saturated rings. The molecule has 0 radical (unpaired) electrons. The van der Waals surface area contributed by atoms with Crippen molar-refractivity contribution in [2.75, 3.05) is 6.54 Å². The van der Waals surface area contributed by atoms with E-state index in [9.17, 15) is 9.18 Å². The molecule has 2 unspecified atom stereocenters. The minimum absolute atomic E-state index is 0. The molecule has 1 aromatic heterocycles. The zero-order valence-corrected chi connectivity index (χ0v) is 14.7. The molecular formula is C16H22ClFN6O. The number of amides is 1. The lowest BCUT2D eigenvalue weighted by molar-refractivity contribution is -0.125. The zero-order chi connectivity index (χ0) is 17.1. The molecule has 1 amide bonds. The van der Waals surface area contributed by atoms with Crippen LogP contribution in [0, 0.1) is 18.7 Å². The van der Waals surface area contributed by atoms with Crippen molar-refractivity contribution in [3.63, 3.8) is 0 Å². The van der Waals surface area contributed by atoms with Crippen molar-refractivity contribution in [3.05, 3.63) is 41.5 Å². The summed E-state index contributed by atoms with van der Waals surface area (Å²) in [5.74, 6) is 0.445. The van der Waals surface area contributed by atoms with E-state index in [4.69, 9.17) is 5.73 Å². The Kier molecular flexibility index (Phi) is 6.44.